The molecule has 0 bridgehead atoms. The van der Waals surface area contributed by atoms with Gasteiger partial charge >= 0.3 is 5.97 Å². The average molecular weight is 245 g/mol. The zero-order chi connectivity index (χ0) is 13.1. The van der Waals surface area contributed by atoms with Gasteiger partial charge in [-0.25, -0.2) is 14.5 Å². The van der Waals surface area contributed by atoms with Crippen molar-refractivity contribution < 1.29 is 9.53 Å². The van der Waals surface area contributed by atoms with Crippen molar-refractivity contribution in [2.75, 3.05) is 7.11 Å². The zero-order valence-corrected chi connectivity index (χ0v) is 10.6. The summed E-state index contributed by atoms with van der Waals surface area (Å²) in [5, 5.41) is 4.41. The Kier molecular flexibility index (Phi) is 3.41. The molecule has 0 fully saturated rings. The van der Waals surface area contributed by atoms with Crippen LogP contribution in [-0.4, -0.2) is 27.8 Å². The maximum Gasteiger partial charge on any atom is 0.338 e. The summed E-state index contributed by atoms with van der Waals surface area (Å²) in [5.74, 6) is 0.578. The number of nitrogens with zero attached hydrogens (tertiary/aromatic N) is 3. The molecule has 0 aromatic carbocycles. The van der Waals surface area contributed by atoms with Crippen molar-refractivity contribution in [1.29, 1.82) is 0 Å². The lowest BCUT2D eigenvalue weighted by molar-refractivity contribution is 0.0600. The molecule has 0 saturated heterocycles. The highest BCUT2D eigenvalue weighted by molar-refractivity contribution is 5.89. The van der Waals surface area contributed by atoms with Crippen molar-refractivity contribution >= 4 is 5.97 Å². The maximum absolute atomic E-state index is 11.4. The van der Waals surface area contributed by atoms with Gasteiger partial charge in [-0.2, -0.15) is 5.10 Å². The predicted octanol–water partition coefficient (Wildman–Crippen LogP) is 2.18. The molecule has 0 aliphatic heterocycles. The van der Waals surface area contributed by atoms with E-state index in [1.807, 2.05) is 12.3 Å². The van der Waals surface area contributed by atoms with E-state index in [1.54, 1.807) is 23.0 Å². The molecule has 2 rings (SSSR count). The van der Waals surface area contributed by atoms with E-state index in [0.717, 1.165) is 5.69 Å². The molecule has 2 heterocycles. The Labute approximate surface area is 105 Å². The third-order valence-corrected chi connectivity index (χ3v) is 2.60. The number of ether oxygens (including phenoxy) is 1. The standard InChI is InChI=1S/C13H15N3O2/c1-9(2)11-5-7-16(15-11)12-8-10(4-6-14-12)13(17)18-3/h4-9H,1-3H3. The Morgan fingerprint density at radius 3 is 2.78 bits per heavy atom. The number of aromatic nitrogens is 3. The Balaban J connectivity index is 2.35. The minimum atomic E-state index is -0.380. The van der Waals surface area contributed by atoms with Crippen LogP contribution in [0, 0.1) is 0 Å². The smallest absolute Gasteiger partial charge is 0.338 e. The monoisotopic (exact) mass is 245 g/mol. The molecule has 0 radical (unpaired) electrons. The van der Waals surface area contributed by atoms with Gasteiger partial charge in [0.05, 0.1) is 18.4 Å². The summed E-state index contributed by atoms with van der Waals surface area (Å²) in [6.45, 7) is 4.15. The van der Waals surface area contributed by atoms with Crippen LogP contribution in [0.1, 0.15) is 35.8 Å². The van der Waals surface area contributed by atoms with Crippen LogP contribution in [0.15, 0.2) is 30.6 Å². The van der Waals surface area contributed by atoms with E-state index < -0.39 is 0 Å². The first-order valence-electron chi connectivity index (χ1n) is 5.72. The number of carbonyl (C=O) groups is 1. The molecular formula is C13H15N3O2. The second-order valence-corrected chi connectivity index (χ2v) is 4.23. The SMILES string of the molecule is COC(=O)c1ccnc(-n2ccc(C(C)C)n2)c1. The van der Waals surface area contributed by atoms with Crippen molar-refractivity contribution in [2.24, 2.45) is 0 Å². The van der Waals surface area contributed by atoms with Gasteiger partial charge in [-0.1, -0.05) is 13.8 Å². The summed E-state index contributed by atoms with van der Waals surface area (Å²) in [5.41, 5.74) is 1.45. The molecule has 0 saturated carbocycles. The summed E-state index contributed by atoms with van der Waals surface area (Å²) in [6.07, 6.45) is 3.40. The molecule has 0 unspecified atom stereocenters. The number of methoxy groups -OCH3 is 1. The number of hydrogen-bond acceptors (Lipinski definition) is 4. The molecule has 0 spiro atoms. The van der Waals surface area contributed by atoms with Gasteiger partial charge in [0.1, 0.15) is 0 Å². The lowest BCUT2D eigenvalue weighted by Crippen LogP contribution is -2.05. The molecule has 5 nitrogen and oxygen atoms in total. The molecule has 18 heavy (non-hydrogen) atoms. The molecule has 0 atom stereocenters. The minimum Gasteiger partial charge on any atom is -0.465 e. The van der Waals surface area contributed by atoms with Crippen LogP contribution in [0.25, 0.3) is 5.82 Å². The molecule has 0 amide bonds. The van der Waals surface area contributed by atoms with E-state index >= 15 is 0 Å². The Hall–Kier alpha value is -2.17. The van der Waals surface area contributed by atoms with Gasteiger partial charge in [0.25, 0.3) is 0 Å². The minimum absolute atomic E-state index is 0.357. The van der Waals surface area contributed by atoms with Gasteiger partial charge < -0.3 is 4.74 Å². The van der Waals surface area contributed by atoms with Crippen LogP contribution in [0.5, 0.6) is 0 Å². The number of pyridine rings is 1. The van der Waals surface area contributed by atoms with Crippen LogP contribution >= 0.6 is 0 Å². The maximum atomic E-state index is 11.4. The highest BCUT2D eigenvalue weighted by Gasteiger charge is 2.09. The third kappa shape index (κ3) is 2.40. The van der Waals surface area contributed by atoms with Crippen LogP contribution in [0.2, 0.25) is 0 Å². The van der Waals surface area contributed by atoms with Gasteiger partial charge in [0.2, 0.25) is 0 Å². The van der Waals surface area contributed by atoms with Gasteiger partial charge in [-0.3, -0.25) is 0 Å². The largest absolute Gasteiger partial charge is 0.465 e. The van der Waals surface area contributed by atoms with E-state index in [0.29, 0.717) is 17.3 Å². The fourth-order valence-electron chi connectivity index (χ4n) is 1.56. The zero-order valence-electron chi connectivity index (χ0n) is 10.6. The second kappa shape index (κ2) is 5.00. The number of hydrogen-bond donors (Lipinski definition) is 0. The first-order chi connectivity index (χ1) is 8.61. The summed E-state index contributed by atoms with van der Waals surface area (Å²) in [7, 11) is 1.35. The lowest BCUT2D eigenvalue weighted by Gasteiger charge is -2.03. The van der Waals surface area contributed by atoms with Crippen LogP contribution in [0.4, 0.5) is 0 Å². The normalized spacial score (nSPS) is 10.7. The highest BCUT2D eigenvalue weighted by Crippen LogP contribution is 2.13. The van der Waals surface area contributed by atoms with Crippen molar-refractivity contribution in [1.82, 2.24) is 14.8 Å². The Morgan fingerprint density at radius 1 is 1.39 bits per heavy atom. The molecule has 0 aliphatic rings. The molecule has 0 aliphatic carbocycles. The van der Waals surface area contributed by atoms with E-state index in [2.05, 4.69) is 28.7 Å². The van der Waals surface area contributed by atoms with Crippen molar-refractivity contribution in [2.45, 2.75) is 19.8 Å². The van der Waals surface area contributed by atoms with Crippen LogP contribution in [0.3, 0.4) is 0 Å². The molecule has 0 N–H and O–H groups in total. The molecule has 2 aromatic heterocycles. The number of rotatable bonds is 3. The van der Waals surface area contributed by atoms with Crippen molar-refractivity contribution in [3.05, 3.63) is 41.9 Å². The Bertz CT molecular complexity index is 561. The third-order valence-electron chi connectivity index (χ3n) is 2.60. The first-order valence-corrected chi connectivity index (χ1v) is 5.72. The summed E-state index contributed by atoms with van der Waals surface area (Å²) in [4.78, 5) is 15.6. The second-order valence-electron chi connectivity index (χ2n) is 4.23. The highest BCUT2D eigenvalue weighted by atomic mass is 16.5. The molecule has 2 aromatic rings. The quantitative estimate of drug-likeness (QED) is 0.778. The van der Waals surface area contributed by atoms with Crippen LogP contribution in [-0.2, 0) is 4.74 Å². The predicted molar refractivity (Wildman–Crippen MR) is 66.8 cm³/mol. The van der Waals surface area contributed by atoms with Crippen LogP contribution < -0.4 is 0 Å². The van der Waals surface area contributed by atoms with E-state index in [-0.39, 0.29) is 5.97 Å². The molecular weight excluding hydrogens is 230 g/mol. The summed E-state index contributed by atoms with van der Waals surface area (Å²) < 4.78 is 6.33. The van der Waals surface area contributed by atoms with E-state index in [4.69, 9.17) is 0 Å². The number of esters is 1. The number of carbonyl (C=O) groups excluding carboxylic acids is 1. The van der Waals surface area contributed by atoms with Gasteiger partial charge in [-0.15, -0.1) is 0 Å². The topological polar surface area (TPSA) is 57.0 Å². The van der Waals surface area contributed by atoms with Crippen molar-refractivity contribution in [3.8, 4) is 5.82 Å². The van der Waals surface area contributed by atoms with Gasteiger partial charge in [0, 0.05) is 12.4 Å². The summed E-state index contributed by atoms with van der Waals surface area (Å²) >= 11 is 0. The fourth-order valence-corrected chi connectivity index (χ4v) is 1.56. The molecule has 5 heteroatoms. The van der Waals surface area contributed by atoms with E-state index in [9.17, 15) is 4.79 Å². The average Bonchev–Trinajstić information content (AvgIpc) is 2.88. The fraction of sp³-hybridized carbons (Fsp3) is 0.308. The van der Waals surface area contributed by atoms with Gasteiger partial charge in [0.15, 0.2) is 5.82 Å². The summed E-state index contributed by atoms with van der Waals surface area (Å²) in [6, 6.07) is 5.21. The van der Waals surface area contributed by atoms with Gasteiger partial charge in [-0.05, 0) is 24.1 Å². The molecule has 94 valence electrons. The lowest BCUT2D eigenvalue weighted by atomic mass is 10.1. The van der Waals surface area contributed by atoms with E-state index in [1.165, 1.54) is 7.11 Å². The Morgan fingerprint density at radius 2 is 2.17 bits per heavy atom. The first kappa shape index (κ1) is 12.3. The van der Waals surface area contributed by atoms with Crippen molar-refractivity contribution in [3.63, 3.8) is 0 Å².